The minimum Gasteiger partial charge on any atom is -0.341 e. The number of benzene rings is 1. The summed E-state index contributed by atoms with van der Waals surface area (Å²) in [5.74, 6) is 0.129. The second kappa shape index (κ2) is 10.1. The molecular weight excluding hydrogens is 350 g/mol. The van der Waals surface area contributed by atoms with Crippen LogP contribution in [0.1, 0.15) is 48.5 Å². The van der Waals surface area contributed by atoms with E-state index >= 15 is 0 Å². The van der Waals surface area contributed by atoms with Crippen LogP contribution < -0.4 is 0 Å². The van der Waals surface area contributed by atoms with Gasteiger partial charge in [0.25, 0.3) is 0 Å². The van der Waals surface area contributed by atoms with E-state index in [0.717, 1.165) is 39.0 Å². The fourth-order valence-corrected chi connectivity index (χ4v) is 3.85. The van der Waals surface area contributed by atoms with Crippen LogP contribution in [-0.2, 0) is 11.3 Å². The zero-order valence-electron chi connectivity index (χ0n) is 16.6. The van der Waals surface area contributed by atoms with Gasteiger partial charge in [0.2, 0.25) is 5.91 Å². The lowest BCUT2D eigenvalue weighted by molar-refractivity contribution is -0.133. The molecule has 1 atom stereocenters. The molecule has 0 unspecified atom stereocenters. The van der Waals surface area contributed by atoms with E-state index in [-0.39, 0.29) is 24.5 Å². The second-order valence-corrected chi connectivity index (χ2v) is 7.34. The lowest BCUT2D eigenvalue weighted by atomic mass is 10.0. The summed E-state index contributed by atoms with van der Waals surface area (Å²) in [6, 6.07) is 13.7. The van der Waals surface area contributed by atoms with E-state index in [0.29, 0.717) is 11.6 Å². The first-order valence-corrected chi connectivity index (χ1v) is 10.2. The van der Waals surface area contributed by atoms with E-state index in [4.69, 9.17) is 0 Å². The largest absolute Gasteiger partial charge is 0.341 e. The first-order chi connectivity index (χ1) is 13.7. The van der Waals surface area contributed by atoms with Crippen LogP contribution in [0.2, 0.25) is 0 Å². The van der Waals surface area contributed by atoms with Crippen molar-refractivity contribution in [2.75, 3.05) is 19.6 Å². The van der Waals surface area contributed by atoms with Gasteiger partial charge in [0, 0.05) is 56.5 Å². The van der Waals surface area contributed by atoms with E-state index in [2.05, 4.69) is 16.8 Å². The van der Waals surface area contributed by atoms with Crippen LogP contribution in [0.5, 0.6) is 0 Å². The third-order valence-electron chi connectivity index (χ3n) is 5.47. The highest BCUT2D eigenvalue weighted by molar-refractivity contribution is 5.97. The summed E-state index contributed by atoms with van der Waals surface area (Å²) >= 11 is 0. The maximum absolute atomic E-state index is 12.7. The fraction of sp³-hybridized carbons (Fsp3) is 0.435. The summed E-state index contributed by atoms with van der Waals surface area (Å²) in [6.45, 7) is 5.53. The van der Waals surface area contributed by atoms with Gasteiger partial charge < -0.3 is 4.90 Å². The van der Waals surface area contributed by atoms with Crippen molar-refractivity contribution in [1.82, 2.24) is 14.8 Å². The molecule has 0 spiro atoms. The molecule has 0 saturated carbocycles. The van der Waals surface area contributed by atoms with E-state index in [1.807, 2.05) is 59.8 Å². The number of carbonyl (C=O) groups is 2. The molecule has 1 amide bonds. The van der Waals surface area contributed by atoms with Crippen LogP contribution in [0.4, 0.5) is 0 Å². The van der Waals surface area contributed by atoms with E-state index in [1.165, 1.54) is 5.56 Å². The molecule has 1 fully saturated rings. The SMILES string of the molecule is CCN(Cc1ccncc1)[C@@H]1CCCN(C(=O)CCC(=O)c2ccccc2)C1. The predicted molar refractivity (Wildman–Crippen MR) is 110 cm³/mol. The summed E-state index contributed by atoms with van der Waals surface area (Å²) in [7, 11) is 0. The Bertz CT molecular complexity index is 764. The number of ketones is 1. The van der Waals surface area contributed by atoms with Crippen LogP contribution in [0.15, 0.2) is 54.9 Å². The molecule has 3 rings (SSSR count). The average Bonchev–Trinajstić information content (AvgIpc) is 2.77. The van der Waals surface area contributed by atoms with Gasteiger partial charge in [-0.2, -0.15) is 0 Å². The fourth-order valence-electron chi connectivity index (χ4n) is 3.85. The van der Waals surface area contributed by atoms with Crippen molar-refractivity contribution in [2.45, 2.75) is 45.2 Å². The van der Waals surface area contributed by atoms with Gasteiger partial charge >= 0.3 is 0 Å². The Kier molecular flexibility index (Phi) is 7.31. The molecule has 0 N–H and O–H groups in total. The van der Waals surface area contributed by atoms with Crippen LogP contribution in [0, 0.1) is 0 Å². The molecule has 1 aromatic carbocycles. The van der Waals surface area contributed by atoms with Crippen LogP contribution >= 0.6 is 0 Å². The number of hydrogen-bond donors (Lipinski definition) is 0. The highest BCUT2D eigenvalue weighted by atomic mass is 16.2. The Morgan fingerprint density at radius 3 is 2.57 bits per heavy atom. The number of likely N-dealkylation sites (tertiary alicyclic amines) is 1. The number of likely N-dealkylation sites (N-methyl/N-ethyl adjacent to an activating group) is 1. The quantitative estimate of drug-likeness (QED) is 0.658. The maximum atomic E-state index is 12.7. The molecule has 1 aliphatic rings. The van der Waals surface area contributed by atoms with Crippen molar-refractivity contribution in [3.63, 3.8) is 0 Å². The van der Waals surface area contributed by atoms with Crippen molar-refractivity contribution in [3.05, 3.63) is 66.0 Å². The van der Waals surface area contributed by atoms with Gasteiger partial charge in [-0.15, -0.1) is 0 Å². The van der Waals surface area contributed by atoms with E-state index < -0.39 is 0 Å². The lowest BCUT2D eigenvalue weighted by Crippen LogP contribution is -2.49. The van der Waals surface area contributed by atoms with E-state index in [1.54, 1.807) is 0 Å². The summed E-state index contributed by atoms with van der Waals surface area (Å²) in [4.78, 5) is 33.4. The number of Topliss-reactive ketones (excluding diaryl/α,β-unsaturated/α-hetero) is 1. The molecule has 28 heavy (non-hydrogen) atoms. The smallest absolute Gasteiger partial charge is 0.223 e. The standard InChI is InChI=1S/C23H29N3O2/c1-2-25(17-19-12-14-24-15-13-19)21-9-6-16-26(18-21)23(28)11-10-22(27)20-7-4-3-5-8-20/h3-5,7-8,12-15,21H,2,6,9-11,16-18H2,1H3/t21-/m1/s1. The first kappa shape index (κ1) is 20.2. The van der Waals surface area contributed by atoms with Crippen LogP contribution in [-0.4, -0.2) is 52.2 Å². The summed E-state index contributed by atoms with van der Waals surface area (Å²) in [5, 5.41) is 0. The number of aromatic nitrogens is 1. The van der Waals surface area contributed by atoms with Gasteiger partial charge in [0.05, 0.1) is 0 Å². The number of carbonyl (C=O) groups excluding carboxylic acids is 2. The topological polar surface area (TPSA) is 53.5 Å². The molecule has 5 heteroatoms. The van der Waals surface area contributed by atoms with Crippen molar-refractivity contribution in [2.24, 2.45) is 0 Å². The Morgan fingerprint density at radius 1 is 1.11 bits per heavy atom. The first-order valence-electron chi connectivity index (χ1n) is 10.2. The number of pyridine rings is 1. The number of nitrogens with zero attached hydrogens (tertiary/aromatic N) is 3. The zero-order chi connectivity index (χ0) is 19.8. The zero-order valence-corrected chi connectivity index (χ0v) is 16.6. The van der Waals surface area contributed by atoms with Gasteiger partial charge in [0.15, 0.2) is 5.78 Å². The Hall–Kier alpha value is -2.53. The molecule has 1 aromatic heterocycles. The third kappa shape index (κ3) is 5.49. The average molecular weight is 380 g/mol. The monoisotopic (exact) mass is 379 g/mol. The van der Waals surface area contributed by atoms with Gasteiger partial charge in [0.1, 0.15) is 0 Å². The number of rotatable bonds is 8. The molecule has 2 heterocycles. The highest BCUT2D eigenvalue weighted by Gasteiger charge is 2.27. The Balaban J connectivity index is 1.53. The van der Waals surface area contributed by atoms with Gasteiger partial charge in [-0.25, -0.2) is 0 Å². The van der Waals surface area contributed by atoms with Gasteiger partial charge in [-0.1, -0.05) is 37.3 Å². The highest BCUT2D eigenvalue weighted by Crippen LogP contribution is 2.19. The number of hydrogen-bond acceptors (Lipinski definition) is 4. The molecule has 148 valence electrons. The van der Waals surface area contributed by atoms with E-state index in [9.17, 15) is 9.59 Å². The van der Waals surface area contributed by atoms with Crippen molar-refractivity contribution >= 4 is 11.7 Å². The van der Waals surface area contributed by atoms with Gasteiger partial charge in [-0.3, -0.25) is 19.5 Å². The number of piperidine rings is 1. The molecule has 0 bridgehead atoms. The minimum absolute atomic E-state index is 0.0374. The minimum atomic E-state index is 0.0374. The van der Waals surface area contributed by atoms with Crippen LogP contribution in [0.3, 0.4) is 0 Å². The van der Waals surface area contributed by atoms with Crippen molar-refractivity contribution in [3.8, 4) is 0 Å². The molecule has 5 nitrogen and oxygen atoms in total. The third-order valence-corrected chi connectivity index (χ3v) is 5.47. The molecule has 1 aliphatic heterocycles. The molecule has 0 radical (unpaired) electrons. The van der Waals surface area contributed by atoms with Crippen molar-refractivity contribution in [1.29, 1.82) is 0 Å². The molecule has 0 aliphatic carbocycles. The second-order valence-electron chi connectivity index (χ2n) is 7.34. The number of amides is 1. The Morgan fingerprint density at radius 2 is 1.86 bits per heavy atom. The Labute approximate surface area is 167 Å². The lowest BCUT2D eigenvalue weighted by Gasteiger charge is -2.39. The molecule has 1 saturated heterocycles. The predicted octanol–water partition coefficient (Wildman–Crippen LogP) is 3.56. The van der Waals surface area contributed by atoms with Crippen molar-refractivity contribution < 1.29 is 9.59 Å². The molecule has 2 aromatic rings. The maximum Gasteiger partial charge on any atom is 0.223 e. The molecular formula is C23H29N3O2. The normalized spacial score (nSPS) is 16.9. The summed E-state index contributed by atoms with van der Waals surface area (Å²) in [6.07, 6.45) is 6.32. The summed E-state index contributed by atoms with van der Waals surface area (Å²) in [5.41, 5.74) is 1.93. The van der Waals surface area contributed by atoms with Gasteiger partial charge in [-0.05, 0) is 37.1 Å². The van der Waals surface area contributed by atoms with Crippen LogP contribution in [0.25, 0.3) is 0 Å². The summed E-state index contributed by atoms with van der Waals surface area (Å²) < 4.78 is 0.